The van der Waals surface area contributed by atoms with E-state index in [1.54, 1.807) is 0 Å². The third kappa shape index (κ3) is 1.88. The lowest BCUT2D eigenvalue weighted by Gasteiger charge is -2.05. The van der Waals surface area contributed by atoms with E-state index >= 15 is 0 Å². The summed E-state index contributed by atoms with van der Waals surface area (Å²) in [5.41, 5.74) is 3.45. The van der Waals surface area contributed by atoms with Crippen LogP contribution in [-0.4, -0.2) is 0 Å². The molecule has 2 aromatic rings. The summed E-state index contributed by atoms with van der Waals surface area (Å²) < 4.78 is 1.10. The fraction of sp³-hybridized carbons (Fsp3) is 0. The van der Waals surface area contributed by atoms with E-state index in [0.29, 0.717) is 0 Å². The smallest absolute Gasteiger partial charge is 0.0181 e. The van der Waals surface area contributed by atoms with Crippen molar-refractivity contribution >= 4 is 15.9 Å². The molecule has 0 aliphatic carbocycles. The zero-order valence-corrected chi connectivity index (χ0v) is 9.29. The van der Waals surface area contributed by atoms with Crippen LogP contribution in [0.15, 0.2) is 53.0 Å². The predicted molar refractivity (Wildman–Crippen MR) is 64.0 cm³/mol. The molecular formula is C13H10Br. The van der Waals surface area contributed by atoms with Gasteiger partial charge in [-0.15, -0.1) is 0 Å². The Morgan fingerprint density at radius 2 is 1.71 bits per heavy atom. The van der Waals surface area contributed by atoms with Gasteiger partial charge in [0.2, 0.25) is 0 Å². The number of rotatable bonds is 1. The van der Waals surface area contributed by atoms with Crippen LogP contribution in [0.25, 0.3) is 11.1 Å². The quantitative estimate of drug-likeness (QED) is 0.703. The Hall–Kier alpha value is -1.08. The molecular weight excluding hydrogens is 236 g/mol. The monoisotopic (exact) mass is 245 g/mol. The van der Waals surface area contributed by atoms with E-state index in [1.165, 1.54) is 11.1 Å². The molecule has 1 radical (unpaired) electrons. The summed E-state index contributed by atoms with van der Waals surface area (Å²) in [7, 11) is 0. The summed E-state index contributed by atoms with van der Waals surface area (Å²) in [6.07, 6.45) is 0. The Morgan fingerprint density at radius 3 is 2.43 bits per heavy atom. The molecule has 0 saturated carbocycles. The number of hydrogen-bond acceptors (Lipinski definition) is 0. The Labute approximate surface area is 92.7 Å². The molecule has 0 aliphatic rings. The number of benzene rings is 2. The van der Waals surface area contributed by atoms with Crippen LogP contribution in [0.2, 0.25) is 0 Å². The van der Waals surface area contributed by atoms with Crippen LogP contribution < -0.4 is 0 Å². The molecule has 0 amide bonds. The molecule has 0 N–H and O–H groups in total. The Kier molecular flexibility index (Phi) is 2.69. The van der Waals surface area contributed by atoms with E-state index in [0.717, 1.165) is 10.0 Å². The van der Waals surface area contributed by atoms with E-state index in [2.05, 4.69) is 41.1 Å². The SMILES string of the molecule is [CH2]c1ccccc1-c1cccc(Br)c1. The Balaban J connectivity index is 2.55. The topological polar surface area (TPSA) is 0 Å². The normalized spacial score (nSPS) is 10.1. The van der Waals surface area contributed by atoms with Crippen molar-refractivity contribution in [1.82, 2.24) is 0 Å². The summed E-state index contributed by atoms with van der Waals surface area (Å²) in [5, 5.41) is 0. The van der Waals surface area contributed by atoms with Crippen molar-refractivity contribution in [2.24, 2.45) is 0 Å². The summed E-state index contributed by atoms with van der Waals surface area (Å²) in [4.78, 5) is 0. The zero-order chi connectivity index (χ0) is 9.97. The minimum Gasteiger partial charge on any atom is -0.0620 e. The molecule has 0 aliphatic heterocycles. The summed E-state index contributed by atoms with van der Waals surface area (Å²) in [6, 6.07) is 16.4. The highest BCUT2D eigenvalue weighted by Gasteiger charge is 2.00. The summed E-state index contributed by atoms with van der Waals surface area (Å²) in [6.45, 7) is 4.01. The molecule has 0 fully saturated rings. The molecule has 0 spiro atoms. The fourth-order valence-electron chi connectivity index (χ4n) is 1.46. The van der Waals surface area contributed by atoms with Gasteiger partial charge in [0, 0.05) is 4.47 Å². The van der Waals surface area contributed by atoms with Crippen molar-refractivity contribution in [3.8, 4) is 11.1 Å². The van der Waals surface area contributed by atoms with Crippen LogP contribution in [0.4, 0.5) is 0 Å². The summed E-state index contributed by atoms with van der Waals surface area (Å²) in [5.74, 6) is 0. The van der Waals surface area contributed by atoms with E-state index < -0.39 is 0 Å². The van der Waals surface area contributed by atoms with Gasteiger partial charge in [0.1, 0.15) is 0 Å². The lowest BCUT2D eigenvalue weighted by Crippen LogP contribution is -1.81. The predicted octanol–water partition coefficient (Wildman–Crippen LogP) is 4.30. The van der Waals surface area contributed by atoms with Gasteiger partial charge in [0.25, 0.3) is 0 Å². The van der Waals surface area contributed by atoms with Crippen LogP contribution in [0.5, 0.6) is 0 Å². The van der Waals surface area contributed by atoms with E-state index in [9.17, 15) is 0 Å². The highest BCUT2D eigenvalue weighted by atomic mass is 79.9. The standard InChI is InChI=1S/C13H10Br/c1-10-5-2-3-8-13(10)11-6-4-7-12(14)9-11/h2-9H,1H2. The third-order valence-corrected chi connectivity index (χ3v) is 2.65. The maximum atomic E-state index is 4.01. The van der Waals surface area contributed by atoms with Crippen molar-refractivity contribution in [3.63, 3.8) is 0 Å². The first-order valence-electron chi connectivity index (χ1n) is 4.44. The molecule has 2 aromatic carbocycles. The molecule has 69 valence electrons. The van der Waals surface area contributed by atoms with Crippen LogP contribution >= 0.6 is 15.9 Å². The van der Waals surface area contributed by atoms with Crippen LogP contribution in [0.1, 0.15) is 5.56 Å². The van der Waals surface area contributed by atoms with E-state index in [1.807, 2.05) is 30.3 Å². The number of halogens is 1. The Bertz CT molecular complexity index is 446. The second-order valence-electron chi connectivity index (χ2n) is 3.17. The minimum absolute atomic E-state index is 1.06. The van der Waals surface area contributed by atoms with Gasteiger partial charge in [-0.1, -0.05) is 52.3 Å². The first-order chi connectivity index (χ1) is 6.77. The molecule has 1 heteroatoms. The number of hydrogen-bond donors (Lipinski definition) is 0. The van der Waals surface area contributed by atoms with Gasteiger partial charge in [0.15, 0.2) is 0 Å². The maximum Gasteiger partial charge on any atom is 0.0181 e. The molecule has 0 bridgehead atoms. The van der Waals surface area contributed by atoms with E-state index in [4.69, 9.17) is 0 Å². The molecule has 0 heterocycles. The van der Waals surface area contributed by atoms with Crippen molar-refractivity contribution in [1.29, 1.82) is 0 Å². The van der Waals surface area contributed by atoms with Gasteiger partial charge < -0.3 is 0 Å². The molecule has 0 unspecified atom stereocenters. The van der Waals surface area contributed by atoms with Crippen LogP contribution in [-0.2, 0) is 0 Å². The third-order valence-electron chi connectivity index (χ3n) is 2.15. The van der Waals surface area contributed by atoms with Crippen LogP contribution in [0, 0.1) is 6.92 Å². The molecule has 14 heavy (non-hydrogen) atoms. The lowest BCUT2D eigenvalue weighted by molar-refractivity contribution is 1.55. The second kappa shape index (κ2) is 3.97. The largest absolute Gasteiger partial charge is 0.0620 e. The van der Waals surface area contributed by atoms with Gasteiger partial charge in [-0.05, 0) is 35.7 Å². The zero-order valence-electron chi connectivity index (χ0n) is 7.70. The van der Waals surface area contributed by atoms with Gasteiger partial charge in [-0.25, -0.2) is 0 Å². The molecule has 0 nitrogen and oxygen atoms in total. The average molecular weight is 246 g/mol. The molecule has 2 rings (SSSR count). The van der Waals surface area contributed by atoms with E-state index in [-0.39, 0.29) is 0 Å². The van der Waals surface area contributed by atoms with Crippen molar-refractivity contribution < 1.29 is 0 Å². The summed E-state index contributed by atoms with van der Waals surface area (Å²) >= 11 is 3.46. The van der Waals surface area contributed by atoms with Gasteiger partial charge in [-0.2, -0.15) is 0 Å². The fourth-order valence-corrected chi connectivity index (χ4v) is 1.86. The minimum atomic E-state index is 1.06. The highest BCUT2D eigenvalue weighted by molar-refractivity contribution is 9.10. The van der Waals surface area contributed by atoms with Crippen molar-refractivity contribution in [2.75, 3.05) is 0 Å². The van der Waals surface area contributed by atoms with Gasteiger partial charge in [-0.3, -0.25) is 0 Å². The maximum absolute atomic E-state index is 4.01. The van der Waals surface area contributed by atoms with Crippen molar-refractivity contribution in [3.05, 3.63) is 65.5 Å². The van der Waals surface area contributed by atoms with Crippen molar-refractivity contribution in [2.45, 2.75) is 0 Å². The first-order valence-corrected chi connectivity index (χ1v) is 5.23. The second-order valence-corrected chi connectivity index (χ2v) is 4.08. The molecule has 0 aromatic heterocycles. The van der Waals surface area contributed by atoms with Crippen LogP contribution in [0.3, 0.4) is 0 Å². The average Bonchev–Trinajstić information content (AvgIpc) is 2.18. The first kappa shape index (κ1) is 9.47. The highest BCUT2D eigenvalue weighted by Crippen LogP contribution is 2.25. The van der Waals surface area contributed by atoms with Gasteiger partial charge >= 0.3 is 0 Å². The van der Waals surface area contributed by atoms with Gasteiger partial charge in [0.05, 0.1) is 0 Å². The Morgan fingerprint density at radius 1 is 0.929 bits per heavy atom. The lowest BCUT2D eigenvalue weighted by atomic mass is 10.0. The molecule has 0 atom stereocenters. The molecule has 0 saturated heterocycles.